The molecule has 0 aromatic heterocycles. The second-order valence-corrected chi connectivity index (χ2v) is 5.13. The largest absolute Gasteiger partial charge is 0.303 e. The lowest BCUT2D eigenvalue weighted by molar-refractivity contribution is 0.210. The van der Waals surface area contributed by atoms with Crippen LogP contribution in [0.5, 0.6) is 0 Å². The van der Waals surface area contributed by atoms with Gasteiger partial charge in [0.25, 0.3) is 0 Å². The minimum absolute atomic E-state index is 1.01. The van der Waals surface area contributed by atoms with Crippen LogP contribution >= 0.6 is 0 Å². The zero-order chi connectivity index (χ0) is 9.10. The van der Waals surface area contributed by atoms with Gasteiger partial charge in [0, 0.05) is 6.54 Å². The summed E-state index contributed by atoms with van der Waals surface area (Å²) in [5, 5.41) is 0. The average molecular weight is 181 g/mol. The van der Waals surface area contributed by atoms with Crippen molar-refractivity contribution in [1.29, 1.82) is 0 Å². The quantitative estimate of drug-likeness (QED) is 0.633. The average Bonchev–Trinajstić information content (AvgIpc) is 2.62. The Kier molecular flexibility index (Phi) is 3.26. The van der Waals surface area contributed by atoms with E-state index in [1.807, 2.05) is 0 Å². The van der Waals surface area contributed by atoms with E-state index >= 15 is 0 Å². The molecule has 76 valence electrons. The van der Waals surface area contributed by atoms with Crippen LogP contribution < -0.4 is 0 Å². The van der Waals surface area contributed by atoms with Gasteiger partial charge in [-0.1, -0.05) is 19.8 Å². The molecule has 1 heteroatoms. The molecule has 1 aliphatic heterocycles. The van der Waals surface area contributed by atoms with Crippen molar-refractivity contribution in [2.75, 3.05) is 19.6 Å². The smallest absolute Gasteiger partial charge is 0.000966 e. The second-order valence-electron chi connectivity index (χ2n) is 5.13. The molecule has 0 radical (unpaired) electrons. The maximum absolute atomic E-state index is 2.68. The molecule has 1 heterocycles. The molecule has 2 rings (SSSR count). The fourth-order valence-electron chi connectivity index (χ4n) is 2.84. The van der Waals surface area contributed by atoms with Crippen molar-refractivity contribution in [2.45, 2.75) is 45.4 Å². The van der Waals surface area contributed by atoms with Gasteiger partial charge in [0.15, 0.2) is 0 Å². The molecular formula is C12H23N. The highest BCUT2D eigenvalue weighted by molar-refractivity contribution is 4.75. The Morgan fingerprint density at radius 1 is 1.00 bits per heavy atom. The van der Waals surface area contributed by atoms with Crippen LogP contribution in [0.3, 0.4) is 0 Å². The van der Waals surface area contributed by atoms with Crippen LogP contribution in [0.2, 0.25) is 0 Å². The van der Waals surface area contributed by atoms with E-state index in [2.05, 4.69) is 11.8 Å². The monoisotopic (exact) mass is 181 g/mol. The zero-order valence-electron chi connectivity index (χ0n) is 8.97. The van der Waals surface area contributed by atoms with Crippen LogP contribution in [0.1, 0.15) is 45.4 Å². The van der Waals surface area contributed by atoms with Crippen LogP contribution in [-0.4, -0.2) is 24.5 Å². The van der Waals surface area contributed by atoms with Crippen LogP contribution in [-0.2, 0) is 0 Å². The number of hydrogen-bond donors (Lipinski definition) is 0. The molecule has 0 aromatic rings. The number of hydrogen-bond acceptors (Lipinski definition) is 1. The minimum atomic E-state index is 1.01. The van der Waals surface area contributed by atoms with Crippen LogP contribution in [0.15, 0.2) is 0 Å². The summed E-state index contributed by atoms with van der Waals surface area (Å²) in [5.41, 5.74) is 0. The Bertz CT molecular complexity index is 141. The van der Waals surface area contributed by atoms with Crippen molar-refractivity contribution in [3.8, 4) is 0 Å². The summed E-state index contributed by atoms with van der Waals surface area (Å²) in [7, 11) is 0. The summed E-state index contributed by atoms with van der Waals surface area (Å²) < 4.78 is 0. The predicted molar refractivity (Wildman–Crippen MR) is 56.8 cm³/mol. The lowest BCUT2D eigenvalue weighted by atomic mass is 9.83. The molecule has 1 saturated carbocycles. The first-order chi connectivity index (χ1) is 6.34. The van der Waals surface area contributed by atoms with E-state index in [9.17, 15) is 0 Å². The van der Waals surface area contributed by atoms with Gasteiger partial charge in [-0.15, -0.1) is 0 Å². The summed E-state index contributed by atoms with van der Waals surface area (Å²) in [4.78, 5) is 2.68. The highest BCUT2D eigenvalue weighted by Gasteiger charge is 2.21. The van der Waals surface area contributed by atoms with Crippen molar-refractivity contribution < 1.29 is 0 Å². The SMILES string of the molecule is C[C@H]1CC[C@H](CN2CCCC2)CC1. The van der Waals surface area contributed by atoms with Crippen LogP contribution in [0.25, 0.3) is 0 Å². The molecular weight excluding hydrogens is 158 g/mol. The van der Waals surface area contributed by atoms with E-state index in [4.69, 9.17) is 0 Å². The van der Waals surface area contributed by atoms with Crippen LogP contribution in [0, 0.1) is 11.8 Å². The van der Waals surface area contributed by atoms with Crippen LogP contribution in [0.4, 0.5) is 0 Å². The number of likely N-dealkylation sites (tertiary alicyclic amines) is 1. The van der Waals surface area contributed by atoms with Crippen molar-refractivity contribution in [1.82, 2.24) is 4.90 Å². The van der Waals surface area contributed by atoms with Gasteiger partial charge in [0.1, 0.15) is 0 Å². The molecule has 0 aromatic carbocycles. The van der Waals surface area contributed by atoms with E-state index in [0.29, 0.717) is 0 Å². The van der Waals surface area contributed by atoms with Gasteiger partial charge in [-0.25, -0.2) is 0 Å². The summed E-state index contributed by atoms with van der Waals surface area (Å²) in [6.07, 6.45) is 8.86. The maximum atomic E-state index is 2.68. The molecule has 0 bridgehead atoms. The normalized spacial score (nSPS) is 36.7. The van der Waals surface area contributed by atoms with Gasteiger partial charge in [-0.3, -0.25) is 0 Å². The number of nitrogens with zero attached hydrogens (tertiary/aromatic N) is 1. The number of rotatable bonds is 2. The Morgan fingerprint density at radius 2 is 1.62 bits per heavy atom. The highest BCUT2D eigenvalue weighted by Crippen LogP contribution is 2.29. The lowest BCUT2D eigenvalue weighted by Crippen LogP contribution is -2.28. The summed E-state index contributed by atoms with van der Waals surface area (Å²) >= 11 is 0. The van der Waals surface area contributed by atoms with Crippen molar-refractivity contribution in [2.24, 2.45) is 11.8 Å². The van der Waals surface area contributed by atoms with Gasteiger partial charge >= 0.3 is 0 Å². The third kappa shape index (κ3) is 2.70. The van der Waals surface area contributed by atoms with E-state index in [0.717, 1.165) is 11.8 Å². The van der Waals surface area contributed by atoms with Crippen molar-refractivity contribution in [3.05, 3.63) is 0 Å². The Labute approximate surface area is 82.5 Å². The Morgan fingerprint density at radius 3 is 2.23 bits per heavy atom. The molecule has 0 amide bonds. The fourth-order valence-corrected chi connectivity index (χ4v) is 2.84. The zero-order valence-corrected chi connectivity index (χ0v) is 8.97. The molecule has 1 nitrogen and oxygen atoms in total. The molecule has 2 aliphatic rings. The molecule has 13 heavy (non-hydrogen) atoms. The maximum Gasteiger partial charge on any atom is 0.000966 e. The van der Waals surface area contributed by atoms with Gasteiger partial charge in [-0.05, 0) is 50.6 Å². The Balaban J connectivity index is 1.69. The molecule has 0 atom stereocenters. The molecule has 1 saturated heterocycles. The Hall–Kier alpha value is -0.0400. The van der Waals surface area contributed by atoms with Gasteiger partial charge < -0.3 is 4.90 Å². The highest BCUT2D eigenvalue weighted by atomic mass is 15.1. The minimum Gasteiger partial charge on any atom is -0.303 e. The summed E-state index contributed by atoms with van der Waals surface area (Å²) in [6, 6.07) is 0. The first kappa shape index (κ1) is 9.51. The standard InChI is InChI=1S/C12H23N/c1-11-4-6-12(7-5-11)10-13-8-2-3-9-13/h11-12H,2-10H2,1H3/t11-,12-. The van der Waals surface area contributed by atoms with Gasteiger partial charge in [0.05, 0.1) is 0 Å². The first-order valence-electron chi connectivity index (χ1n) is 6.07. The van der Waals surface area contributed by atoms with E-state index in [1.165, 1.54) is 58.2 Å². The fraction of sp³-hybridized carbons (Fsp3) is 1.00. The predicted octanol–water partition coefficient (Wildman–Crippen LogP) is 2.91. The molecule has 0 N–H and O–H groups in total. The first-order valence-corrected chi connectivity index (χ1v) is 6.07. The third-order valence-electron chi connectivity index (χ3n) is 3.85. The summed E-state index contributed by atoms with van der Waals surface area (Å²) in [5.74, 6) is 2.05. The van der Waals surface area contributed by atoms with Crippen molar-refractivity contribution in [3.63, 3.8) is 0 Å². The molecule has 1 aliphatic carbocycles. The van der Waals surface area contributed by atoms with Gasteiger partial charge in [-0.2, -0.15) is 0 Å². The second kappa shape index (κ2) is 4.45. The third-order valence-corrected chi connectivity index (χ3v) is 3.85. The molecule has 2 fully saturated rings. The lowest BCUT2D eigenvalue weighted by Gasteiger charge is -2.29. The van der Waals surface area contributed by atoms with E-state index in [-0.39, 0.29) is 0 Å². The molecule has 0 unspecified atom stereocenters. The van der Waals surface area contributed by atoms with Crippen molar-refractivity contribution >= 4 is 0 Å². The van der Waals surface area contributed by atoms with Gasteiger partial charge in [0.2, 0.25) is 0 Å². The van der Waals surface area contributed by atoms with E-state index < -0.39 is 0 Å². The molecule has 0 spiro atoms. The topological polar surface area (TPSA) is 3.24 Å². The van der Waals surface area contributed by atoms with E-state index in [1.54, 1.807) is 0 Å². The summed E-state index contributed by atoms with van der Waals surface area (Å²) in [6.45, 7) is 6.58.